The molecule has 8 heteroatoms. The lowest BCUT2D eigenvalue weighted by molar-refractivity contribution is 0.0994. The molecule has 2 aromatic carbocycles. The first-order chi connectivity index (χ1) is 13.4. The fourth-order valence-corrected chi connectivity index (χ4v) is 4.29. The van der Waals surface area contributed by atoms with Crippen molar-refractivity contribution < 1.29 is 9.53 Å². The van der Waals surface area contributed by atoms with Crippen LogP contribution in [-0.2, 0) is 11.3 Å². The van der Waals surface area contributed by atoms with Crippen LogP contribution in [0.1, 0.15) is 17.3 Å². The summed E-state index contributed by atoms with van der Waals surface area (Å²) in [6, 6.07) is 12.2. The van der Waals surface area contributed by atoms with Gasteiger partial charge in [0.1, 0.15) is 0 Å². The van der Waals surface area contributed by atoms with Crippen LogP contribution in [0.2, 0.25) is 5.02 Å². The predicted octanol–water partition coefficient (Wildman–Crippen LogP) is 4.82. The Labute approximate surface area is 180 Å². The van der Waals surface area contributed by atoms with Crippen LogP contribution in [0.3, 0.4) is 0 Å². The van der Waals surface area contributed by atoms with E-state index in [9.17, 15) is 9.59 Å². The number of methoxy groups -OCH3 is 1. The zero-order valence-electron chi connectivity index (χ0n) is 15.3. The molecule has 0 fully saturated rings. The van der Waals surface area contributed by atoms with Gasteiger partial charge in [-0.25, -0.2) is 4.98 Å². The third-order valence-electron chi connectivity index (χ3n) is 4.16. The van der Waals surface area contributed by atoms with Crippen LogP contribution in [0.15, 0.2) is 56.9 Å². The number of fused-ring (bicyclic) bond motifs is 1. The maximum Gasteiger partial charge on any atom is 0.262 e. The summed E-state index contributed by atoms with van der Waals surface area (Å²) in [6.45, 7) is 2.52. The molecule has 0 saturated heterocycles. The average molecular weight is 482 g/mol. The molecule has 1 heterocycles. The van der Waals surface area contributed by atoms with E-state index in [-0.39, 0.29) is 11.3 Å². The quantitative estimate of drug-likeness (QED) is 0.275. The Morgan fingerprint density at radius 1 is 1.32 bits per heavy atom. The molecule has 5 nitrogen and oxygen atoms in total. The average Bonchev–Trinajstić information content (AvgIpc) is 2.67. The van der Waals surface area contributed by atoms with Gasteiger partial charge in [-0.3, -0.25) is 14.2 Å². The van der Waals surface area contributed by atoms with Crippen molar-refractivity contribution in [1.29, 1.82) is 0 Å². The molecule has 0 radical (unpaired) electrons. The van der Waals surface area contributed by atoms with E-state index >= 15 is 0 Å². The predicted molar refractivity (Wildman–Crippen MR) is 117 cm³/mol. The lowest BCUT2D eigenvalue weighted by Crippen LogP contribution is -2.26. The van der Waals surface area contributed by atoms with Gasteiger partial charge in [-0.05, 0) is 37.3 Å². The molecule has 0 saturated carbocycles. The Morgan fingerprint density at radius 3 is 2.82 bits per heavy atom. The van der Waals surface area contributed by atoms with Crippen LogP contribution < -0.4 is 5.56 Å². The van der Waals surface area contributed by atoms with Crippen molar-refractivity contribution in [2.24, 2.45) is 0 Å². The number of halogens is 2. The number of thioether (sulfide) groups is 1. The second-order valence-corrected chi connectivity index (χ2v) is 8.80. The zero-order valence-corrected chi connectivity index (χ0v) is 18.5. The van der Waals surface area contributed by atoms with Crippen molar-refractivity contribution in [3.63, 3.8) is 0 Å². The maximum atomic E-state index is 13.0. The summed E-state index contributed by atoms with van der Waals surface area (Å²) in [5.74, 6) is -0.0732. The van der Waals surface area contributed by atoms with Gasteiger partial charge in [0.05, 0.1) is 29.3 Å². The molecule has 3 rings (SSSR count). The Bertz CT molecular complexity index is 1090. The minimum absolute atomic E-state index is 0.0732. The monoisotopic (exact) mass is 480 g/mol. The van der Waals surface area contributed by atoms with Crippen molar-refractivity contribution in [1.82, 2.24) is 9.55 Å². The molecule has 0 N–H and O–H groups in total. The molecule has 0 bridgehead atoms. The van der Waals surface area contributed by atoms with Crippen molar-refractivity contribution in [2.75, 3.05) is 13.7 Å². The molecule has 3 aromatic rings. The number of benzene rings is 2. The fourth-order valence-electron chi connectivity index (χ4n) is 2.73. The lowest BCUT2D eigenvalue weighted by Gasteiger charge is -2.16. The number of carbonyl (C=O) groups is 1. The van der Waals surface area contributed by atoms with E-state index in [1.54, 1.807) is 55.0 Å². The maximum absolute atomic E-state index is 13.0. The van der Waals surface area contributed by atoms with Crippen molar-refractivity contribution >= 4 is 56.0 Å². The molecule has 1 unspecified atom stereocenters. The summed E-state index contributed by atoms with van der Waals surface area (Å²) >= 11 is 10.6. The fraction of sp³-hybridized carbons (Fsp3) is 0.250. The van der Waals surface area contributed by atoms with Crippen molar-refractivity contribution in [3.05, 3.63) is 67.9 Å². The molecule has 146 valence electrons. The van der Waals surface area contributed by atoms with E-state index < -0.39 is 5.25 Å². The number of hydrogen-bond acceptors (Lipinski definition) is 5. The van der Waals surface area contributed by atoms with Gasteiger partial charge in [-0.1, -0.05) is 51.4 Å². The number of aromatic nitrogens is 2. The third-order valence-corrected chi connectivity index (χ3v) is 5.98. The SMILES string of the molecule is COCCn1c(SC(C)C(=O)c2cccc(Cl)c2)nc2ccc(Br)cc2c1=O. The van der Waals surface area contributed by atoms with E-state index in [2.05, 4.69) is 20.9 Å². The van der Waals surface area contributed by atoms with Crippen LogP contribution >= 0.6 is 39.3 Å². The minimum atomic E-state index is -0.438. The second-order valence-electron chi connectivity index (χ2n) is 6.14. The third kappa shape index (κ3) is 4.66. The first-order valence-corrected chi connectivity index (χ1v) is 10.6. The van der Waals surface area contributed by atoms with E-state index in [0.29, 0.717) is 39.8 Å². The summed E-state index contributed by atoms with van der Waals surface area (Å²) < 4.78 is 7.51. The highest BCUT2D eigenvalue weighted by Gasteiger charge is 2.21. The van der Waals surface area contributed by atoms with E-state index in [0.717, 1.165) is 4.47 Å². The van der Waals surface area contributed by atoms with Crippen molar-refractivity contribution in [2.45, 2.75) is 23.9 Å². The van der Waals surface area contributed by atoms with Gasteiger partial charge >= 0.3 is 0 Å². The number of ether oxygens (including phenoxy) is 1. The number of carbonyl (C=O) groups excluding carboxylic acids is 1. The van der Waals surface area contributed by atoms with E-state index in [1.165, 1.54) is 11.8 Å². The highest BCUT2D eigenvalue weighted by Crippen LogP contribution is 2.26. The van der Waals surface area contributed by atoms with Crippen LogP contribution in [0, 0.1) is 0 Å². The molecule has 0 aliphatic heterocycles. The zero-order chi connectivity index (χ0) is 20.3. The Hall–Kier alpha value is -1.67. The first kappa shape index (κ1) is 21.0. The molecule has 0 aliphatic carbocycles. The number of Topliss-reactive ketones (excluding diaryl/α,β-unsaturated/α-hetero) is 1. The van der Waals surface area contributed by atoms with Gasteiger partial charge < -0.3 is 4.74 Å². The van der Waals surface area contributed by atoms with Crippen molar-refractivity contribution in [3.8, 4) is 0 Å². The molecule has 1 aromatic heterocycles. The number of hydrogen-bond donors (Lipinski definition) is 0. The van der Waals surface area contributed by atoms with E-state index in [1.807, 2.05) is 6.07 Å². The molecule has 0 spiro atoms. The summed E-state index contributed by atoms with van der Waals surface area (Å²) in [6.07, 6.45) is 0. The van der Waals surface area contributed by atoms with Gasteiger partial charge in [-0.2, -0.15) is 0 Å². The normalized spacial score (nSPS) is 12.3. The summed E-state index contributed by atoms with van der Waals surface area (Å²) in [7, 11) is 1.58. The number of nitrogens with zero attached hydrogens (tertiary/aromatic N) is 2. The lowest BCUT2D eigenvalue weighted by atomic mass is 10.1. The standard InChI is InChI=1S/C20H18BrClN2O3S/c1-12(18(25)13-4-3-5-15(22)10-13)28-20-23-17-7-6-14(21)11-16(17)19(26)24(20)8-9-27-2/h3-7,10-12H,8-9H2,1-2H3. The van der Waals surface area contributed by atoms with Crippen LogP contribution in [0.4, 0.5) is 0 Å². The van der Waals surface area contributed by atoms with E-state index in [4.69, 9.17) is 16.3 Å². The summed E-state index contributed by atoms with van der Waals surface area (Å²) in [4.78, 5) is 30.4. The summed E-state index contributed by atoms with van der Waals surface area (Å²) in [5.41, 5.74) is 0.961. The van der Waals surface area contributed by atoms with Crippen LogP contribution in [0.5, 0.6) is 0 Å². The highest BCUT2D eigenvalue weighted by molar-refractivity contribution is 9.10. The second kappa shape index (κ2) is 9.22. The Morgan fingerprint density at radius 2 is 2.11 bits per heavy atom. The van der Waals surface area contributed by atoms with Crippen LogP contribution in [-0.4, -0.2) is 34.3 Å². The Balaban J connectivity index is 1.99. The Kier molecular flexibility index (Phi) is 6.93. The number of rotatable bonds is 7. The molecular weight excluding hydrogens is 464 g/mol. The van der Waals surface area contributed by atoms with Gasteiger partial charge in [0, 0.05) is 22.2 Å². The topological polar surface area (TPSA) is 61.2 Å². The van der Waals surface area contributed by atoms with Gasteiger partial charge in [0.25, 0.3) is 5.56 Å². The van der Waals surface area contributed by atoms with Gasteiger partial charge in [-0.15, -0.1) is 0 Å². The highest BCUT2D eigenvalue weighted by atomic mass is 79.9. The largest absolute Gasteiger partial charge is 0.383 e. The molecular formula is C20H18BrClN2O3S. The van der Waals surface area contributed by atoms with Crippen LogP contribution in [0.25, 0.3) is 10.9 Å². The molecule has 0 aliphatic rings. The van der Waals surface area contributed by atoms with Gasteiger partial charge in [0.2, 0.25) is 0 Å². The smallest absolute Gasteiger partial charge is 0.262 e. The summed E-state index contributed by atoms with van der Waals surface area (Å²) in [5, 5.41) is 1.07. The minimum Gasteiger partial charge on any atom is -0.383 e. The number of ketones is 1. The first-order valence-electron chi connectivity index (χ1n) is 8.56. The van der Waals surface area contributed by atoms with Gasteiger partial charge in [0.15, 0.2) is 10.9 Å². The molecule has 1 atom stereocenters. The molecule has 0 amide bonds. The molecule has 28 heavy (non-hydrogen) atoms.